The third kappa shape index (κ3) is 2.96. The normalized spacial score (nSPS) is 10.3. The molecule has 0 N–H and O–H groups in total. The average Bonchev–Trinajstić information content (AvgIpc) is 3.03. The molecular weight excluding hydrogens is 258 g/mol. The van der Waals surface area contributed by atoms with Crippen molar-refractivity contribution in [2.45, 2.75) is 33.7 Å². The number of pyridine rings is 1. The van der Waals surface area contributed by atoms with Gasteiger partial charge in [0.1, 0.15) is 17.9 Å². The minimum atomic E-state index is 0.824. The van der Waals surface area contributed by atoms with Gasteiger partial charge in [-0.25, -0.2) is 9.55 Å². The van der Waals surface area contributed by atoms with Gasteiger partial charge in [-0.15, -0.1) is 14.8 Å². The van der Waals surface area contributed by atoms with Crippen molar-refractivity contribution in [2.24, 2.45) is 0 Å². The summed E-state index contributed by atoms with van der Waals surface area (Å²) in [6.07, 6.45) is 6.81. The van der Waals surface area contributed by atoms with Crippen LogP contribution >= 0.6 is 11.3 Å². The summed E-state index contributed by atoms with van der Waals surface area (Å²) in [7, 11) is 0. The van der Waals surface area contributed by atoms with Gasteiger partial charge >= 0.3 is 0 Å². The van der Waals surface area contributed by atoms with E-state index in [1.165, 1.54) is 6.33 Å². The van der Waals surface area contributed by atoms with Gasteiger partial charge in [-0.3, -0.25) is 0 Å². The highest BCUT2D eigenvalue weighted by Crippen LogP contribution is 2.23. The van der Waals surface area contributed by atoms with Crippen molar-refractivity contribution in [1.82, 2.24) is 19.8 Å². The van der Waals surface area contributed by atoms with Crippen LogP contribution in [0.25, 0.3) is 15.5 Å². The van der Waals surface area contributed by atoms with Gasteiger partial charge in [-0.2, -0.15) is 0 Å². The zero-order chi connectivity index (χ0) is 13.7. The predicted octanol–water partition coefficient (Wildman–Crippen LogP) is 2.58. The summed E-state index contributed by atoms with van der Waals surface area (Å²) in [4.78, 5) is 4.94. The molecule has 0 atom stereocenters. The third-order valence-corrected chi connectivity index (χ3v) is 3.46. The van der Waals surface area contributed by atoms with Crippen LogP contribution in [0.1, 0.15) is 27.2 Å². The van der Waals surface area contributed by atoms with E-state index in [-0.39, 0.29) is 0 Å². The highest BCUT2D eigenvalue weighted by atomic mass is 32.1. The van der Waals surface area contributed by atoms with Crippen LogP contribution in [0, 0.1) is 0 Å². The average molecular weight is 276 g/mol. The van der Waals surface area contributed by atoms with E-state index in [4.69, 9.17) is 0 Å². The van der Waals surface area contributed by atoms with Gasteiger partial charge in [0.2, 0.25) is 4.96 Å². The molecule has 100 valence electrons. The van der Waals surface area contributed by atoms with Crippen molar-refractivity contribution >= 4 is 16.3 Å². The lowest BCUT2D eigenvalue weighted by molar-refractivity contribution is -0.696. The highest BCUT2D eigenvalue weighted by molar-refractivity contribution is 7.19. The van der Waals surface area contributed by atoms with Crippen molar-refractivity contribution in [2.75, 3.05) is 0 Å². The molecule has 0 spiro atoms. The molecule has 5 nitrogen and oxygen atoms in total. The largest absolute Gasteiger partial charge is 0.233 e. The fourth-order valence-electron chi connectivity index (χ4n) is 1.68. The molecule has 19 heavy (non-hydrogen) atoms. The molecule has 3 heterocycles. The van der Waals surface area contributed by atoms with E-state index < -0.39 is 0 Å². The highest BCUT2D eigenvalue weighted by Gasteiger charge is 2.09. The molecule has 0 aromatic carbocycles. The zero-order valence-corrected chi connectivity index (χ0v) is 12.3. The third-order valence-electron chi connectivity index (χ3n) is 2.49. The molecule has 0 bridgehead atoms. The second-order valence-corrected chi connectivity index (χ2v) is 4.72. The Morgan fingerprint density at radius 2 is 2.00 bits per heavy atom. The molecule has 0 aliphatic heterocycles. The number of fused-ring (bicyclic) bond motifs is 1. The fourth-order valence-corrected chi connectivity index (χ4v) is 2.49. The van der Waals surface area contributed by atoms with Crippen LogP contribution in [-0.4, -0.2) is 19.8 Å². The number of rotatable bonds is 3. The molecule has 3 rings (SSSR count). The summed E-state index contributed by atoms with van der Waals surface area (Å²) in [5.74, 6) is 0. The number of aromatic nitrogens is 5. The monoisotopic (exact) mass is 276 g/mol. The summed E-state index contributed by atoms with van der Waals surface area (Å²) < 4.78 is 3.73. The second-order valence-electron chi connectivity index (χ2n) is 3.76. The van der Waals surface area contributed by atoms with E-state index in [0.717, 1.165) is 28.5 Å². The van der Waals surface area contributed by atoms with Gasteiger partial charge in [-0.05, 0) is 0 Å². The van der Waals surface area contributed by atoms with E-state index in [2.05, 4.69) is 51.2 Å². The number of nitrogens with zero attached hydrogens (tertiary/aromatic N) is 5. The lowest BCUT2D eigenvalue weighted by Crippen LogP contribution is -2.31. The van der Waals surface area contributed by atoms with Crippen LogP contribution in [0.3, 0.4) is 0 Å². The Bertz CT molecular complexity index is 597. The Balaban J connectivity index is 0.000000637. The maximum atomic E-state index is 4.37. The minimum Gasteiger partial charge on any atom is -0.205 e. The maximum absolute atomic E-state index is 4.37. The first-order valence-corrected chi connectivity index (χ1v) is 7.35. The van der Waals surface area contributed by atoms with Gasteiger partial charge < -0.3 is 0 Å². The van der Waals surface area contributed by atoms with E-state index in [1.54, 1.807) is 16.0 Å². The summed E-state index contributed by atoms with van der Waals surface area (Å²) in [6, 6.07) is 4.15. The Labute approximate surface area is 116 Å². The fraction of sp³-hybridized carbons (Fsp3) is 0.385. The van der Waals surface area contributed by atoms with E-state index in [0.29, 0.717) is 0 Å². The predicted molar refractivity (Wildman–Crippen MR) is 75.9 cm³/mol. The van der Waals surface area contributed by atoms with E-state index in [1.807, 2.05) is 13.8 Å². The molecule has 0 saturated carbocycles. The molecule has 0 amide bonds. The van der Waals surface area contributed by atoms with Gasteiger partial charge in [0.25, 0.3) is 0 Å². The SMILES string of the molecule is CC.CCC[n+]1ccc(-c2nn3ncnc3s2)cc1. The van der Waals surface area contributed by atoms with Gasteiger partial charge in [-0.1, -0.05) is 32.1 Å². The van der Waals surface area contributed by atoms with Crippen LogP contribution in [-0.2, 0) is 6.54 Å². The first-order chi connectivity index (χ1) is 9.36. The lowest BCUT2D eigenvalue weighted by Gasteiger charge is -1.95. The second kappa shape index (κ2) is 6.38. The smallest absolute Gasteiger partial charge is 0.205 e. The van der Waals surface area contributed by atoms with Gasteiger partial charge in [0, 0.05) is 24.1 Å². The number of hydrogen-bond donors (Lipinski definition) is 0. The van der Waals surface area contributed by atoms with Crippen LogP contribution < -0.4 is 4.57 Å². The Morgan fingerprint density at radius 1 is 1.26 bits per heavy atom. The van der Waals surface area contributed by atoms with Gasteiger partial charge in [0.05, 0.1) is 0 Å². The summed E-state index contributed by atoms with van der Waals surface area (Å²) in [5.41, 5.74) is 1.11. The van der Waals surface area contributed by atoms with Crippen molar-refractivity contribution in [3.8, 4) is 10.6 Å². The van der Waals surface area contributed by atoms with Crippen molar-refractivity contribution in [3.05, 3.63) is 30.9 Å². The molecular formula is C13H18N5S+. The molecule has 6 heteroatoms. The van der Waals surface area contributed by atoms with E-state index in [9.17, 15) is 0 Å². The summed E-state index contributed by atoms with van der Waals surface area (Å²) >= 11 is 1.55. The van der Waals surface area contributed by atoms with Crippen LogP contribution in [0.5, 0.6) is 0 Å². The van der Waals surface area contributed by atoms with Gasteiger partial charge in [0.15, 0.2) is 12.4 Å². The molecule has 0 saturated heterocycles. The van der Waals surface area contributed by atoms with Crippen LogP contribution in [0.4, 0.5) is 0 Å². The Kier molecular flexibility index (Phi) is 4.57. The molecule has 0 unspecified atom stereocenters. The Hall–Kier alpha value is -1.82. The quantitative estimate of drug-likeness (QED) is 0.691. The topological polar surface area (TPSA) is 47.0 Å². The van der Waals surface area contributed by atoms with Crippen LogP contribution in [0.2, 0.25) is 0 Å². The molecule has 0 aliphatic carbocycles. The van der Waals surface area contributed by atoms with Crippen LogP contribution in [0.15, 0.2) is 30.9 Å². The molecule has 0 radical (unpaired) electrons. The summed E-state index contributed by atoms with van der Waals surface area (Å²) in [5, 5.41) is 9.33. The van der Waals surface area contributed by atoms with Crippen molar-refractivity contribution in [1.29, 1.82) is 0 Å². The Morgan fingerprint density at radius 3 is 2.63 bits per heavy atom. The van der Waals surface area contributed by atoms with Crippen molar-refractivity contribution in [3.63, 3.8) is 0 Å². The standard InChI is InChI=1S/C11H12N5S.C2H6/c1-2-5-15-6-3-9(4-7-15)10-14-16-11(17-10)12-8-13-16;1-2/h3-4,6-8H,2,5H2,1H3;1-2H3/q+1;. The lowest BCUT2D eigenvalue weighted by atomic mass is 10.3. The maximum Gasteiger partial charge on any atom is 0.233 e. The first kappa shape index (κ1) is 13.6. The number of hydrogen-bond acceptors (Lipinski definition) is 4. The minimum absolute atomic E-state index is 0.824. The first-order valence-electron chi connectivity index (χ1n) is 6.53. The molecule has 0 aliphatic rings. The van der Waals surface area contributed by atoms with Crippen molar-refractivity contribution < 1.29 is 4.57 Å². The van der Waals surface area contributed by atoms with E-state index >= 15 is 0 Å². The molecule has 3 aromatic heterocycles. The zero-order valence-electron chi connectivity index (χ0n) is 11.4. The molecule has 3 aromatic rings. The summed E-state index contributed by atoms with van der Waals surface area (Å²) in [6.45, 7) is 7.21. The molecule has 0 fully saturated rings. The number of aryl methyl sites for hydroxylation is 1.